The van der Waals surface area contributed by atoms with Crippen LogP contribution in [0.2, 0.25) is 0 Å². The lowest BCUT2D eigenvalue weighted by molar-refractivity contribution is -0.143. The van der Waals surface area contributed by atoms with Crippen molar-refractivity contribution in [1.29, 1.82) is 0 Å². The number of Topliss-reactive ketones (excluding diaryl/α,β-unsaturated/α-hetero) is 1. The zero-order valence-corrected chi connectivity index (χ0v) is 9.00. The molecule has 0 aromatic carbocycles. The van der Waals surface area contributed by atoms with E-state index in [1.54, 1.807) is 0 Å². The smallest absolute Gasteiger partial charge is 0.138 e. The highest BCUT2D eigenvalue weighted by Crippen LogP contribution is 2.32. The van der Waals surface area contributed by atoms with E-state index in [1.807, 2.05) is 0 Å². The lowest BCUT2D eigenvalue weighted by atomic mass is 9.84. The molecular weight excluding hydrogens is 176 g/mol. The molecule has 0 radical (unpaired) electrons. The molecular formula is C12H20O2. The fourth-order valence-corrected chi connectivity index (χ4v) is 2.61. The van der Waals surface area contributed by atoms with Gasteiger partial charge in [-0.05, 0) is 18.8 Å². The first kappa shape index (κ1) is 10.2. The molecule has 0 N–H and O–H groups in total. The Morgan fingerprint density at radius 2 is 2.00 bits per heavy atom. The van der Waals surface area contributed by atoms with E-state index >= 15 is 0 Å². The predicted molar refractivity (Wildman–Crippen MR) is 55.2 cm³/mol. The van der Waals surface area contributed by atoms with Crippen molar-refractivity contribution in [2.75, 3.05) is 0 Å². The van der Waals surface area contributed by atoms with Crippen molar-refractivity contribution in [2.45, 2.75) is 64.1 Å². The van der Waals surface area contributed by atoms with Crippen molar-refractivity contribution in [3.05, 3.63) is 0 Å². The van der Waals surface area contributed by atoms with Crippen LogP contribution in [0.5, 0.6) is 0 Å². The van der Waals surface area contributed by atoms with Crippen LogP contribution in [0, 0.1) is 5.92 Å². The molecule has 0 spiro atoms. The van der Waals surface area contributed by atoms with Crippen LogP contribution in [0.15, 0.2) is 0 Å². The van der Waals surface area contributed by atoms with Gasteiger partial charge in [-0.2, -0.15) is 0 Å². The summed E-state index contributed by atoms with van der Waals surface area (Å²) in [6, 6.07) is 0. The van der Waals surface area contributed by atoms with Crippen molar-refractivity contribution in [3.8, 4) is 0 Å². The summed E-state index contributed by atoms with van der Waals surface area (Å²) in [6.45, 7) is 2.25. The van der Waals surface area contributed by atoms with Crippen LogP contribution in [-0.2, 0) is 9.53 Å². The van der Waals surface area contributed by atoms with Crippen LogP contribution >= 0.6 is 0 Å². The van der Waals surface area contributed by atoms with Crippen LogP contribution in [0.4, 0.5) is 0 Å². The average molecular weight is 196 g/mol. The minimum Gasteiger partial charge on any atom is -0.374 e. The molecule has 2 rings (SSSR count). The van der Waals surface area contributed by atoms with E-state index in [0.29, 0.717) is 24.7 Å². The summed E-state index contributed by atoms with van der Waals surface area (Å²) in [7, 11) is 0. The minimum atomic E-state index is 0.264. The van der Waals surface area contributed by atoms with Gasteiger partial charge >= 0.3 is 0 Å². The van der Waals surface area contributed by atoms with Gasteiger partial charge < -0.3 is 4.74 Å². The molecule has 0 aliphatic heterocycles. The summed E-state index contributed by atoms with van der Waals surface area (Å²) in [5.41, 5.74) is 0. The fraction of sp³-hybridized carbons (Fsp3) is 0.917. The zero-order chi connectivity index (χ0) is 9.97. The second-order valence-corrected chi connectivity index (χ2v) is 4.70. The second-order valence-electron chi connectivity index (χ2n) is 4.70. The van der Waals surface area contributed by atoms with Crippen LogP contribution in [-0.4, -0.2) is 18.0 Å². The van der Waals surface area contributed by atoms with Crippen LogP contribution < -0.4 is 0 Å². The first-order valence-electron chi connectivity index (χ1n) is 5.96. The van der Waals surface area contributed by atoms with Crippen molar-refractivity contribution in [3.63, 3.8) is 0 Å². The molecule has 2 aliphatic rings. The van der Waals surface area contributed by atoms with Gasteiger partial charge in [0.05, 0.1) is 12.2 Å². The van der Waals surface area contributed by atoms with Gasteiger partial charge in [0.2, 0.25) is 0 Å². The van der Waals surface area contributed by atoms with E-state index in [-0.39, 0.29) is 6.10 Å². The third-order valence-corrected chi connectivity index (χ3v) is 3.64. The number of ether oxygens (including phenoxy) is 1. The van der Waals surface area contributed by atoms with E-state index in [9.17, 15) is 4.79 Å². The zero-order valence-electron chi connectivity index (χ0n) is 9.00. The fourth-order valence-electron chi connectivity index (χ4n) is 2.61. The number of hydrogen-bond donors (Lipinski definition) is 0. The number of carbonyl (C=O) groups excluding carboxylic acids is 1. The van der Waals surface area contributed by atoms with E-state index in [1.165, 1.54) is 32.1 Å². The summed E-state index contributed by atoms with van der Waals surface area (Å²) >= 11 is 0. The number of carbonyl (C=O) groups is 1. The predicted octanol–water partition coefficient (Wildman–Crippen LogP) is 2.70. The third-order valence-electron chi connectivity index (χ3n) is 3.64. The molecule has 2 nitrogen and oxygen atoms in total. The Balaban J connectivity index is 1.79. The molecule has 0 saturated heterocycles. The molecule has 2 saturated carbocycles. The van der Waals surface area contributed by atoms with E-state index in [4.69, 9.17) is 4.74 Å². The molecule has 2 fully saturated rings. The van der Waals surface area contributed by atoms with Gasteiger partial charge in [0.15, 0.2) is 0 Å². The van der Waals surface area contributed by atoms with E-state index in [0.717, 1.165) is 5.92 Å². The van der Waals surface area contributed by atoms with Gasteiger partial charge in [0.1, 0.15) is 5.78 Å². The van der Waals surface area contributed by atoms with E-state index in [2.05, 4.69) is 6.92 Å². The van der Waals surface area contributed by atoms with Gasteiger partial charge in [-0.15, -0.1) is 0 Å². The molecule has 2 heteroatoms. The van der Waals surface area contributed by atoms with Crippen LogP contribution in [0.1, 0.15) is 51.9 Å². The minimum absolute atomic E-state index is 0.264. The SMILES string of the molecule is CCC1CCCCC1OC1CC(=O)C1. The maximum Gasteiger partial charge on any atom is 0.138 e. The van der Waals surface area contributed by atoms with Gasteiger partial charge in [-0.25, -0.2) is 0 Å². The number of ketones is 1. The second kappa shape index (κ2) is 4.43. The molecule has 14 heavy (non-hydrogen) atoms. The van der Waals surface area contributed by atoms with Crippen molar-refractivity contribution in [2.24, 2.45) is 5.92 Å². The quantitative estimate of drug-likeness (QED) is 0.693. The molecule has 0 amide bonds. The molecule has 2 aliphatic carbocycles. The van der Waals surface area contributed by atoms with Crippen molar-refractivity contribution < 1.29 is 9.53 Å². The van der Waals surface area contributed by atoms with E-state index < -0.39 is 0 Å². The average Bonchev–Trinajstić information content (AvgIpc) is 2.16. The first-order valence-corrected chi connectivity index (χ1v) is 5.96. The Hall–Kier alpha value is -0.370. The Bertz CT molecular complexity index is 204. The lowest BCUT2D eigenvalue weighted by Gasteiger charge is -2.36. The molecule has 0 bridgehead atoms. The third kappa shape index (κ3) is 2.17. The number of rotatable bonds is 3. The van der Waals surface area contributed by atoms with Crippen molar-refractivity contribution >= 4 is 5.78 Å². The molecule has 2 unspecified atom stereocenters. The largest absolute Gasteiger partial charge is 0.374 e. The van der Waals surface area contributed by atoms with Gasteiger partial charge in [0, 0.05) is 12.8 Å². The van der Waals surface area contributed by atoms with Crippen LogP contribution in [0.3, 0.4) is 0 Å². The summed E-state index contributed by atoms with van der Waals surface area (Å²) in [4.78, 5) is 10.8. The lowest BCUT2D eigenvalue weighted by Crippen LogP contribution is -2.38. The van der Waals surface area contributed by atoms with Gasteiger partial charge in [-0.3, -0.25) is 4.79 Å². The highest BCUT2D eigenvalue weighted by Gasteiger charge is 2.33. The molecule has 80 valence electrons. The highest BCUT2D eigenvalue weighted by molar-refractivity contribution is 5.85. The standard InChI is InChI=1S/C12H20O2/c1-2-9-5-3-4-6-12(9)14-11-7-10(13)8-11/h9,11-12H,2-8H2,1H3. The monoisotopic (exact) mass is 196 g/mol. The Labute approximate surface area is 86.0 Å². The molecule has 0 aromatic heterocycles. The van der Waals surface area contributed by atoms with Crippen molar-refractivity contribution in [1.82, 2.24) is 0 Å². The summed E-state index contributed by atoms with van der Waals surface area (Å²) in [6.07, 6.45) is 8.49. The summed E-state index contributed by atoms with van der Waals surface area (Å²) < 4.78 is 5.98. The van der Waals surface area contributed by atoms with Crippen LogP contribution in [0.25, 0.3) is 0 Å². The van der Waals surface area contributed by atoms with Gasteiger partial charge in [0.25, 0.3) is 0 Å². The first-order chi connectivity index (χ1) is 6.79. The maximum atomic E-state index is 10.8. The summed E-state index contributed by atoms with van der Waals surface area (Å²) in [5, 5.41) is 0. The highest BCUT2D eigenvalue weighted by atomic mass is 16.5. The van der Waals surface area contributed by atoms with Gasteiger partial charge in [-0.1, -0.05) is 26.2 Å². The maximum absolute atomic E-state index is 10.8. The normalized spacial score (nSPS) is 34.2. The molecule has 0 aromatic rings. The Kier molecular flexibility index (Phi) is 3.22. The topological polar surface area (TPSA) is 26.3 Å². The number of hydrogen-bond acceptors (Lipinski definition) is 2. The molecule has 2 atom stereocenters. The Morgan fingerprint density at radius 3 is 2.64 bits per heavy atom. The summed E-state index contributed by atoms with van der Waals surface area (Å²) in [5.74, 6) is 1.12. The molecule has 0 heterocycles. The Morgan fingerprint density at radius 1 is 1.29 bits per heavy atom.